The largest absolute Gasteiger partial charge is 0.489 e. The molecule has 0 atom stereocenters. The van der Waals surface area contributed by atoms with Crippen LogP contribution in [0.1, 0.15) is 13.8 Å². The van der Waals surface area contributed by atoms with E-state index in [0.717, 1.165) is 32.7 Å². The highest BCUT2D eigenvalue weighted by atomic mass is 16.6. The summed E-state index contributed by atoms with van der Waals surface area (Å²) >= 11 is 0. The second-order valence-corrected chi connectivity index (χ2v) is 8.85. The number of benzene rings is 4. The molecular weight excluding hydrogens is 480 g/mol. The third-order valence-corrected chi connectivity index (χ3v) is 5.88. The third-order valence-electron chi connectivity index (χ3n) is 5.88. The molecule has 0 aromatic heterocycles. The molecule has 4 aromatic rings. The van der Waals surface area contributed by atoms with Crippen LogP contribution in [0.15, 0.2) is 97.1 Å². The molecule has 0 radical (unpaired) electrons. The van der Waals surface area contributed by atoms with Gasteiger partial charge in [0.1, 0.15) is 37.9 Å². The highest BCUT2D eigenvalue weighted by Crippen LogP contribution is 2.45. The summed E-state index contributed by atoms with van der Waals surface area (Å²) in [5, 5.41) is 4.05. The molecular formula is C32H30O6. The Morgan fingerprint density at radius 1 is 0.579 bits per heavy atom. The van der Waals surface area contributed by atoms with Crippen LogP contribution in [0.3, 0.4) is 0 Å². The Morgan fingerprint density at radius 2 is 0.974 bits per heavy atom. The highest BCUT2D eigenvalue weighted by molar-refractivity contribution is 6.09. The number of hydrogen-bond donors (Lipinski definition) is 0. The first-order chi connectivity index (χ1) is 18.4. The van der Waals surface area contributed by atoms with E-state index in [1.54, 1.807) is 13.8 Å². The lowest BCUT2D eigenvalue weighted by atomic mass is 9.92. The van der Waals surface area contributed by atoms with Crippen LogP contribution in [0, 0.1) is 0 Å². The number of rotatable bonds is 11. The van der Waals surface area contributed by atoms with Crippen LogP contribution in [-0.2, 0) is 19.1 Å². The Labute approximate surface area is 222 Å². The molecule has 0 amide bonds. The molecule has 0 N–H and O–H groups in total. The van der Waals surface area contributed by atoms with Gasteiger partial charge in [0.15, 0.2) is 0 Å². The van der Waals surface area contributed by atoms with E-state index < -0.39 is 11.9 Å². The van der Waals surface area contributed by atoms with Crippen LogP contribution in [0.5, 0.6) is 11.5 Å². The average Bonchev–Trinajstić information content (AvgIpc) is 2.92. The molecule has 0 fully saturated rings. The topological polar surface area (TPSA) is 71.1 Å². The molecule has 0 bridgehead atoms. The van der Waals surface area contributed by atoms with Gasteiger partial charge in [0, 0.05) is 22.3 Å². The van der Waals surface area contributed by atoms with Crippen molar-refractivity contribution in [1.29, 1.82) is 0 Å². The van der Waals surface area contributed by atoms with E-state index in [2.05, 4.69) is 13.2 Å². The Morgan fingerprint density at radius 3 is 1.37 bits per heavy atom. The van der Waals surface area contributed by atoms with E-state index in [0.29, 0.717) is 22.6 Å². The summed E-state index contributed by atoms with van der Waals surface area (Å²) in [6.07, 6.45) is 0. The smallest absolute Gasteiger partial charge is 0.333 e. The number of esters is 2. The normalized spacial score (nSPS) is 10.7. The lowest BCUT2D eigenvalue weighted by Crippen LogP contribution is -2.13. The molecule has 0 aliphatic carbocycles. The lowest BCUT2D eigenvalue weighted by molar-refractivity contribution is -0.140. The monoisotopic (exact) mass is 510 g/mol. The molecule has 0 saturated heterocycles. The fraction of sp³-hybridized carbons (Fsp3) is 0.188. The first-order valence-electron chi connectivity index (χ1n) is 12.3. The van der Waals surface area contributed by atoms with Crippen LogP contribution >= 0.6 is 0 Å². The van der Waals surface area contributed by atoms with Crippen molar-refractivity contribution < 1.29 is 28.5 Å². The van der Waals surface area contributed by atoms with E-state index in [9.17, 15) is 9.59 Å². The summed E-state index contributed by atoms with van der Waals surface area (Å²) in [6.45, 7) is 10.9. The Bertz CT molecular complexity index is 1400. The molecule has 6 heteroatoms. The maximum Gasteiger partial charge on any atom is 0.333 e. The van der Waals surface area contributed by atoms with Gasteiger partial charge in [0.25, 0.3) is 0 Å². The van der Waals surface area contributed by atoms with Gasteiger partial charge in [-0.05, 0) is 47.5 Å². The maximum atomic E-state index is 11.8. The third kappa shape index (κ3) is 6.03. The average molecular weight is 511 g/mol. The second kappa shape index (κ2) is 12.1. The van der Waals surface area contributed by atoms with Gasteiger partial charge in [-0.3, -0.25) is 0 Å². The van der Waals surface area contributed by atoms with E-state index in [1.165, 1.54) is 0 Å². The zero-order valence-electron chi connectivity index (χ0n) is 21.6. The minimum Gasteiger partial charge on any atom is -0.489 e. The van der Waals surface area contributed by atoms with E-state index >= 15 is 0 Å². The summed E-state index contributed by atoms with van der Waals surface area (Å²) in [5.41, 5.74) is 2.39. The Balaban J connectivity index is 1.75. The molecule has 0 heterocycles. The van der Waals surface area contributed by atoms with Crippen molar-refractivity contribution in [1.82, 2.24) is 0 Å². The number of ether oxygens (including phenoxy) is 4. The molecule has 0 saturated carbocycles. The maximum absolute atomic E-state index is 11.8. The molecule has 0 aliphatic rings. The molecule has 0 spiro atoms. The Hall–Kier alpha value is -4.58. The van der Waals surface area contributed by atoms with Gasteiger partial charge < -0.3 is 18.9 Å². The Kier molecular flexibility index (Phi) is 8.44. The van der Waals surface area contributed by atoms with Crippen LogP contribution in [-0.4, -0.2) is 38.4 Å². The van der Waals surface area contributed by atoms with Crippen molar-refractivity contribution in [2.45, 2.75) is 13.8 Å². The SMILES string of the molecule is C=C(C)C(=O)OCCOc1ccc2ccccc2c1-c1c(OCCOC(=O)C(=C)C)ccc2ccccc12. The summed E-state index contributed by atoms with van der Waals surface area (Å²) in [6, 6.07) is 23.9. The number of fused-ring (bicyclic) bond motifs is 2. The van der Waals surface area contributed by atoms with Gasteiger partial charge in [-0.15, -0.1) is 0 Å². The fourth-order valence-corrected chi connectivity index (χ4v) is 4.08. The first-order valence-corrected chi connectivity index (χ1v) is 12.3. The summed E-state index contributed by atoms with van der Waals surface area (Å²) in [5.74, 6) is 0.351. The molecule has 194 valence electrons. The van der Waals surface area contributed by atoms with Crippen LogP contribution in [0.4, 0.5) is 0 Å². The lowest BCUT2D eigenvalue weighted by Gasteiger charge is -2.20. The van der Waals surface area contributed by atoms with Gasteiger partial charge in [0.05, 0.1) is 0 Å². The van der Waals surface area contributed by atoms with E-state index in [1.807, 2.05) is 72.8 Å². The van der Waals surface area contributed by atoms with Crippen molar-refractivity contribution in [3.8, 4) is 22.6 Å². The zero-order chi connectivity index (χ0) is 27.1. The second-order valence-electron chi connectivity index (χ2n) is 8.85. The first kappa shape index (κ1) is 26.5. The molecule has 38 heavy (non-hydrogen) atoms. The predicted molar refractivity (Wildman–Crippen MR) is 149 cm³/mol. The van der Waals surface area contributed by atoms with Crippen molar-refractivity contribution in [3.63, 3.8) is 0 Å². The zero-order valence-corrected chi connectivity index (χ0v) is 21.6. The minimum atomic E-state index is -0.454. The van der Waals surface area contributed by atoms with Gasteiger partial charge in [-0.1, -0.05) is 73.8 Å². The summed E-state index contributed by atoms with van der Waals surface area (Å²) in [4.78, 5) is 23.6. The number of hydrogen-bond acceptors (Lipinski definition) is 6. The predicted octanol–water partition coefficient (Wildman–Crippen LogP) is 6.66. The highest BCUT2D eigenvalue weighted by Gasteiger charge is 2.19. The molecule has 6 nitrogen and oxygen atoms in total. The molecule has 4 aromatic carbocycles. The van der Waals surface area contributed by atoms with Crippen LogP contribution in [0.2, 0.25) is 0 Å². The van der Waals surface area contributed by atoms with E-state index in [-0.39, 0.29) is 26.4 Å². The van der Waals surface area contributed by atoms with Crippen molar-refractivity contribution in [2.24, 2.45) is 0 Å². The molecule has 4 rings (SSSR count). The van der Waals surface area contributed by atoms with Crippen molar-refractivity contribution >= 4 is 33.5 Å². The minimum absolute atomic E-state index is 0.0882. The molecule has 0 aliphatic heterocycles. The summed E-state index contributed by atoms with van der Waals surface area (Å²) in [7, 11) is 0. The van der Waals surface area contributed by atoms with E-state index in [4.69, 9.17) is 18.9 Å². The van der Waals surface area contributed by atoms with Crippen molar-refractivity contribution in [2.75, 3.05) is 26.4 Å². The quantitative estimate of drug-likeness (QED) is 0.128. The van der Waals surface area contributed by atoms with Crippen LogP contribution in [0.25, 0.3) is 32.7 Å². The van der Waals surface area contributed by atoms with Gasteiger partial charge >= 0.3 is 11.9 Å². The standard InChI is InChI=1S/C32H30O6/c1-21(2)31(33)37-19-17-35-27-15-13-23-9-5-7-11-25(23)29(27)30-26-12-8-6-10-24(26)14-16-28(30)36-18-20-38-32(34)22(3)4/h5-16H,1,3,17-20H2,2,4H3. The number of carbonyl (C=O) groups excluding carboxylic acids is 2. The number of carbonyl (C=O) groups is 2. The molecule has 0 unspecified atom stereocenters. The van der Waals surface area contributed by atoms with Gasteiger partial charge in [-0.25, -0.2) is 9.59 Å². The van der Waals surface area contributed by atoms with Gasteiger partial charge in [0.2, 0.25) is 0 Å². The van der Waals surface area contributed by atoms with Gasteiger partial charge in [-0.2, -0.15) is 0 Å². The fourth-order valence-electron chi connectivity index (χ4n) is 4.08. The van der Waals surface area contributed by atoms with Crippen LogP contribution < -0.4 is 9.47 Å². The van der Waals surface area contributed by atoms with Crippen molar-refractivity contribution in [3.05, 3.63) is 97.1 Å². The summed E-state index contributed by atoms with van der Waals surface area (Å²) < 4.78 is 22.8.